The number of hydrogen-bond acceptors (Lipinski definition) is 4. The van der Waals surface area contributed by atoms with Crippen molar-refractivity contribution in [1.29, 1.82) is 0 Å². The van der Waals surface area contributed by atoms with Crippen molar-refractivity contribution in [2.45, 2.75) is 47.1 Å². The minimum absolute atomic E-state index is 0.0937. The number of benzene rings is 2. The minimum atomic E-state index is -0.161. The number of amides is 1. The summed E-state index contributed by atoms with van der Waals surface area (Å²) in [7, 11) is 1.59. The van der Waals surface area contributed by atoms with Crippen molar-refractivity contribution in [3.05, 3.63) is 130 Å². The van der Waals surface area contributed by atoms with Crippen molar-refractivity contribution in [2.24, 2.45) is 4.99 Å². The molecule has 0 aromatic heterocycles. The second-order valence-electron chi connectivity index (χ2n) is 9.59. The van der Waals surface area contributed by atoms with E-state index in [0.717, 1.165) is 34.4 Å². The lowest BCUT2D eigenvalue weighted by molar-refractivity contribution is -0.122. The third-order valence-corrected chi connectivity index (χ3v) is 6.96. The molecule has 2 aromatic rings. The number of allylic oxidation sites excluding steroid dienone is 6. The van der Waals surface area contributed by atoms with Gasteiger partial charge in [0.1, 0.15) is 0 Å². The van der Waals surface area contributed by atoms with E-state index in [9.17, 15) is 4.79 Å². The van der Waals surface area contributed by atoms with Crippen molar-refractivity contribution in [3.63, 3.8) is 0 Å². The van der Waals surface area contributed by atoms with Crippen molar-refractivity contribution >= 4 is 46.6 Å². The van der Waals surface area contributed by atoms with Gasteiger partial charge in [0.15, 0.2) is 0 Å². The zero-order valence-corrected chi connectivity index (χ0v) is 27.5. The van der Waals surface area contributed by atoms with Gasteiger partial charge >= 0.3 is 0 Å². The zero-order chi connectivity index (χ0) is 31.8. The van der Waals surface area contributed by atoms with Gasteiger partial charge < -0.3 is 15.0 Å². The Morgan fingerprint density at radius 2 is 1.98 bits per heavy atom. The van der Waals surface area contributed by atoms with Crippen LogP contribution in [0.1, 0.15) is 62.4 Å². The molecular formula is C36H43Cl2N3O2. The predicted octanol–water partition coefficient (Wildman–Crippen LogP) is 9.51. The Morgan fingerprint density at radius 1 is 1.21 bits per heavy atom. The summed E-state index contributed by atoms with van der Waals surface area (Å²) in [5, 5.41) is 4.20. The molecule has 0 radical (unpaired) electrons. The SMILES string of the molecule is C=CC(/C=C/C1=NC(c2ccc(Cl)cc2Cl)=CN(CC(=O)NC(C)c2cccc(C)c2/C=C\CC)C1)=C\C=C\OC.CC. The molecule has 1 aliphatic rings. The first-order valence-electron chi connectivity index (χ1n) is 14.5. The summed E-state index contributed by atoms with van der Waals surface area (Å²) < 4.78 is 4.97. The summed E-state index contributed by atoms with van der Waals surface area (Å²) in [5.41, 5.74) is 6.43. The van der Waals surface area contributed by atoms with E-state index in [1.807, 2.05) is 62.2 Å². The maximum absolute atomic E-state index is 13.3. The average molecular weight is 621 g/mol. The van der Waals surface area contributed by atoms with E-state index in [0.29, 0.717) is 22.3 Å². The molecule has 7 heteroatoms. The fraction of sp³-hybridized carbons (Fsp3) is 0.278. The van der Waals surface area contributed by atoms with Crippen molar-refractivity contribution in [3.8, 4) is 0 Å². The lowest BCUT2D eigenvalue weighted by Crippen LogP contribution is -2.39. The molecule has 0 aliphatic carbocycles. The summed E-state index contributed by atoms with van der Waals surface area (Å²) in [5.74, 6) is -0.0937. The Balaban J connectivity index is 0.00000316. The number of aliphatic imine (C=N–C) groups is 1. The van der Waals surface area contributed by atoms with Crippen LogP contribution in [-0.2, 0) is 9.53 Å². The summed E-state index contributed by atoms with van der Waals surface area (Å²) in [4.78, 5) is 20.1. The van der Waals surface area contributed by atoms with Gasteiger partial charge in [-0.1, -0.05) is 99.1 Å². The van der Waals surface area contributed by atoms with Crippen LogP contribution in [0.5, 0.6) is 0 Å². The van der Waals surface area contributed by atoms with E-state index in [1.54, 1.807) is 37.7 Å². The van der Waals surface area contributed by atoms with Crippen LogP contribution in [0.2, 0.25) is 10.0 Å². The molecule has 0 saturated carbocycles. The number of hydrogen-bond donors (Lipinski definition) is 1. The summed E-state index contributed by atoms with van der Waals surface area (Å²) in [6.45, 7) is 14.7. The molecule has 2 aromatic carbocycles. The number of aryl methyl sites for hydroxylation is 1. The molecule has 43 heavy (non-hydrogen) atoms. The molecular weight excluding hydrogens is 577 g/mol. The molecule has 228 valence electrons. The highest BCUT2D eigenvalue weighted by Gasteiger charge is 2.20. The number of rotatable bonds is 12. The summed E-state index contributed by atoms with van der Waals surface area (Å²) in [6, 6.07) is 11.3. The second kappa shape index (κ2) is 18.7. The molecule has 1 heterocycles. The van der Waals surface area contributed by atoms with E-state index in [-0.39, 0.29) is 18.5 Å². The first-order valence-corrected chi connectivity index (χ1v) is 15.3. The molecule has 1 unspecified atom stereocenters. The molecule has 3 rings (SSSR count). The van der Waals surface area contributed by atoms with E-state index in [1.165, 1.54) is 5.56 Å². The van der Waals surface area contributed by atoms with Crippen LogP contribution >= 0.6 is 23.2 Å². The predicted molar refractivity (Wildman–Crippen MR) is 185 cm³/mol. The standard InChI is InChI=1S/C34H37Cl2N3O2.C2H6/c1-6-8-13-29-24(3)11-9-14-30(29)25(4)37-34(40)23-39-21-28(17-15-26(7-2)12-10-19-41-5)38-33(22-39)31-18-16-27(35)20-32(31)36;1-2/h7-20,22,25H,2,6,21,23H2,1,3-5H3,(H,37,40);1-2H3/b13-8-,17-15+,19-10+,26-12+;. The largest absolute Gasteiger partial charge is 0.504 e. The molecule has 5 nitrogen and oxygen atoms in total. The van der Waals surface area contributed by atoms with Gasteiger partial charge in [0.05, 0.1) is 48.9 Å². The van der Waals surface area contributed by atoms with Gasteiger partial charge in [-0.05, 0) is 72.9 Å². The fourth-order valence-corrected chi connectivity index (χ4v) is 4.88. The van der Waals surface area contributed by atoms with E-state index >= 15 is 0 Å². The zero-order valence-electron chi connectivity index (χ0n) is 26.0. The monoisotopic (exact) mass is 619 g/mol. The van der Waals surface area contributed by atoms with Gasteiger partial charge in [0.25, 0.3) is 0 Å². The van der Waals surface area contributed by atoms with Crippen molar-refractivity contribution in [1.82, 2.24) is 10.2 Å². The van der Waals surface area contributed by atoms with Gasteiger partial charge in [-0.2, -0.15) is 0 Å². The Labute approximate surface area is 267 Å². The average Bonchev–Trinajstić information content (AvgIpc) is 2.99. The van der Waals surface area contributed by atoms with E-state index < -0.39 is 0 Å². The quantitative estimate of drug-likeness (QED) is 0.190. The van der Waals surface area contributed by atoms with E-state index in [4.69, 9.17) is 32.9 Å². The molecule has 1 N–H and O–H groups in total. The number of ether oxygens (including phenoxy) is 1. The number of nitrogens with one attached hydrogen (secondary N) is 1. The number of methoxy groups -OCH3 is 1. The third-order valence-electron chi connectivity index (χ3n) is 6.42. The molecule has 1 aliphatic heterocycles. The van der Waals surface area contributed by atoms with E-state index in [2.05, 4.69) is 50.0 Å². The number of carbonyl (C=O) groups excluding carboxylic acids is 1. The topological polar surface area (TPSA) is 53.9 Å². The van der Waals surface area contributed by atoms with Gasteiger partial charge in [-0.25, -0.2) is 4.99 Å². The fourth-order valence-electron chi connectivity index (χ4n) is 4.37. The van der Waals surface area contributed by atoms with Crippen LogP contribution in [0.15, 0.2) is 102 Å². The normalized spacial score (nSPS) is 14.3. The van der Waals surface area contributed by atoms with Crippen molar-refractivity contribution in [2.75, 3.05) is 20.2 Å². The molecule has 0 bridgehead atoms. The van der Waals surface area contributed by atoms with Crippen LogP contribution in [0.25, 0.3) is 11.8 Å². The van der Waals surface area contributed by atoms with Crippen LogP contribution in [0, 0.1) is 6.92 Å². The molecule has 1 amide bonds. The Morgan fingerprint density at radius 3 is 2.65 bits per heavy atom. The first-order chi connectivity index (χ1) is 20.7. The molecule has 1 atom stereocenters. The van der Waals surface area contributed by atoms with Crippen LogP contribution in [0.4, 0.5) is 0 Å². The molecule has 0 fully saturated rings. The lowest BCUT2D eigenvalue weighted by Gasteiger charge is -2.26. The van der Waals surface area contributed by atoms with Crippen LogP contribution in [0.3, 0.4) is 0 Å². The number of halogens is 2. The summed E-state index contributed by atoms with van der Waals surface area (Å²) >= 11 is 12.7. The Bertz CT molecular complexity index is 1430. The highest BCUT2D eigenvalue weighted by atomic mass is 35.5. The second-order valence-corrected chi connectivity index (χ2v) is 10.4. The molecule has 0 spiro atoms. The van der Waals surface area contributed by atoms with Gasteiger partial charge in [-0.3, -0.25) is 4.79 Å². The summed E-state index contributed by atoms with van der Waals surface area (Å²) in [6.07, 6.45) is 17.9. The molecule has 0 saturated heterocycles. The van der Waals surface area contributed by atoms with Gasteiger partial charge in [0, 0.05) is 16.8 Å². The number of carbonyl (C=O) groups is 1. The minimum Gasteiger partial charge on any atom is -0.504 e. The lowest BCUT2D eigenvalue weighted by atomic mass is 9.96. The highest BCUT2D eigenvalue weighted by Crippen LogP contribution is 2.30. The maximum Gasteiger partial charge on any atom is 0.239 e. The first kappa shape index (κ1) is 35.4. The third kappa shape index (κ3) is 11.1. The van der Waals surface area contributed by atoms with Crippen molar-refractivity contribution < 1.29 is 9.53 Å². The maximum atomic E-state index is 13.3. The highest BCUT2D eigenvalue weighted by molar-refractivity contribution is 6.35. The smallest absolute Gasteiger partial charge is 0.239 e. The van der Waals surface area contributed by atoms with Crippen LogP contribution < -0.4 is 5.32 Å². The van der Waals surface area contributed by atoms with Crippen LogP contribution in [-0.4, -0.2) is 36.7 Å². The van der Waals surface area contributed by atoms with Gasteiger partial charge in [0.2, 0.25) is 5.91 Å². The van der Waals surface area contributed by atoms with Gasteiger partial charge in [-0.15, -0.1) is 0 Å². The number of nitrogens with zero attached hydrogens (tertiary/aromatic N) is 2. The Hall–Kier alpha value is -3.80. The Kier molecular flexibility index (Phi) is 15.4.